The summed E-state index contributed by atoms with van der Waals surface area (Å²) in [4.78, 5) is 24.5. The number of ether oxygens (including phenoxy) is 1. The largest absolute Gasteiger partial charge is 0.481 e. The van der Waals surface area contributed by atoms with Gasteiger partial charge in [0.2, 0.25) is 5.91 Å². The van der Waals surface area contributed by atoms with Crippen LogP contribution in [-0.2, 0) is 9.59 Å². The first-order chi connectivity index (χ1) is 12.0. The maximum Gasteiger partial charge on any atom is 0.261 e. The number of hydrogen-bond acceptors (Lipinski definition) is 3. The van der Waals surface area contributed by atoms with E-state index < -0.39 is 17.6 Å². The third kappa shape index (κ3) is 3.76. The van der Waals surface area contributed by atoms with E-state index in [1.54, 1.807) is 6.92 Å². The van der Waals surface area contributed by atoms with Crippen LogP contribution in [0, 0.1) is 0 Å². The number of nitrogens with one attached hydrogen (secondary N) is 1. The van der Waals surface area contributed by atoms with Crippen molar-refractivity contribution in [3.8, 4) is 5.75 Å². The Morgan fingerprint density at radius 1 is 1.08 bits per heavy atom. The summed E-state index contributed by atoms with van der Waals surface area (Å²) in [6.45, 7) is 1.68. The predicted molar refractivity (Wildman–Crippen MR) is 97.2 cm³/mol. The minimum atomic E-state index is -0.934. The fraction of sp³-hybridized carbons (Fsp3) is 0.400. The Bertz CT molecular complexity index is 781. The smallest absolute Gasteiger partial charge is 0.261 e. The molecule has 0 spiro atoms. The van der Waals surface area contributed by atoms with Crippen LogP contribution in [-0.4, -0.2) is 23.5 Å². The number of carbonyl (C=O) groups is 2. The molecule has 1 atom stereocenters. The van der Waals surface area contributed by atoms with Crippen molar-refractivity contribution in [2.24, 2.45) is 5.73 Å². The normalized spacial score (nSPS) is 17.6. The fourth-order valence-corrected chi connectivity index (χ4v) is 3.42. The molecule has 1 aliphatic rings. The molecule has 1 aliphatic carbocycles. The Morgan fingerprint density at radius 3 is 2.44 bits per heavy atom. The molecule has 2 aromatic rings. The van der Waals surface area contributed by atoms with Gasteiger partial charge >= 0.3 is 0 Å². The molecule has 0 heterocycles. The summed E-state index contributed by atoms with van der Waals surface area (Å²) in [6.07, 6.45) is 3.33. The van der Waals surface area contributed by atoms with Crippen molar-refractivity contribution in [2.75, 3.05) is 0 Å². The molecule has 3 rings (SSSR count). The van der Waals surface area contributed by atoms with E-state index in [0.29, 0.717) is 18.6 Å². The molecule has 5 nitrogen and oxygen atoms in total. The summed E-state index contributed by atoms with van der Waals surface area (Å²) in [5, 5.41) is 5.01. The minimum Gasteiger partial charge on any atom is -0.481 e. The molecular weight excluding hydrogens is 316 g/mol. The van der Waals surface area contributed by atoms with Crippen LogP contribution >= 0.6 is 0 Å². The van der Waals surface area contributed by atoms with Gasteiger partial charge in [0.25, 0.3) is 5.91 Å². The Labute approximate surface area is 147 Å². The van der Waals surface area contributed by atoms with Crippen LogP contribution in [0.4, 0.5) is 0 Å². The van der Waals surface area contributed by atoms with Crippen LogP contribution in [0.1, 0.15) is 39.0 Å². The van der Waals surface area contributed by atoms with Crippen LogP contribution < -0.4 is 15.8 Å². The van der Waals surface area contributed by atoms with Gasteiger partial charge in [0.05, 0.1) is 0 Å². The molecule has 25 heavy (non-hydrogen) atoms. The van der Waals surface area contributed by atoms with Gasteiger partial charge in [0.1, 0.15) is 11.3 Å². The van der Waals surface area contributed by atoms with E-state index in [9.17, 15) is 9.59 Å². The maximum absolute atomic E-state index is 12.5. The van der Waals surface area contributed by atoms with Crippen LogP contribution in [0.2, 0.25) is 0 Å². The molecule has 0 unspecified atom stereocenters. The average molecular weight is 340 g/mol. The Hall–Kier alpha value is -2.56. The molecule has 5 heteroatoms. The van der Waals surface area contributed by atoms with Gasteiger partial charge in [-0.05, 0) is 42.7 Å². The highest BCUT2D eigenvalue weighted by Gasteiger charge is 2.40. The number of hydrogen-bond donors (Lipinski definition) is 2. The molecule has 0 radical (unpaired) electrons. The summed E-state index contributed by atoms with van der Waals surface area (Å²) in [6, 6.07) is 13.7. The monoisotopic (exact) mass is 340 g/mol. The zero-order valence-corrected chi connectivity index (χ0v) is 14.5. The van der Waals surface area contributed by atoms with E-state index in [0.717, 1.165) is 30.0 Å². The number of primary amides is 1. The lowest BCUT2D eigenvalue weighted by Gasteiger charge is -2.35. The van der Waals surface area contributed by atoms with Crippen molar-refractivity contribution in [3.63, 3.8) is 0 Å². The second kappa shape index (κ2) is 7.13. The zero-order valence-electron chi connectivity index (χ0n) is 14.5. The van der Waals surface area contributed by atoms with Gasteiger partial charge in [0, 0.05) is 0 Å². The summed E-state index contributed by atoms with van der Waals surface area (Å²) < 4.78 is 5.79. The van der Waals surface area contributed by atoms with Gasteiger partial charge in [-0.15, -0.1) is 0 Å². The summed E-state index contributed by atoms with van der Waals surface area (Å²) in [7, 11) is 0. The Balaban J connectivity index is 1.69. The van der Waals surface area contributed by atoms with E-state index in [2.05, 4.69) is 5.32 Å². The fourth-order valence-electron chi connectivity index (χ4n) is 3.42. The van der Waals surface area contributed by atoms with Crippen molar-refractivity contribution in [3.05, 3.63) is 42.5 Å². The number of nitrogens with two attached hydrogens (primary N) is 1. The molecule has 1 fully saturated rings. The van der Waals surface area contributed by atoms with Gasteiger partial charge in [-0.1, -0.05) is 49.6 Å². The lowest BCUT2D eigenvalue weighted by molar-refractivity contribution is -0.136. The van der Waals surface area contributed by atoms with Crippen molar-refractivity contribution in [2.45, 2.75) is 50.7 Å². The van der Waals surface area contributed by atoms with E-state index in [1.165, 1.54) is 0 Å². The lowest BCUT2D eigenvalue weighted by atomic mass is 9.81. The van der Waals surface area contributed by atoms with E-state index in [1.807, 2.05) is 42.5 Å². The molecular formula is C20H24N2O3. The molecule has 3 N–H and O–H groups in total. The van der Waals surface area contributed by atoms with Crippen molar-refractivity contribution < 1.29 is 14.3 Å². The van der Waals surface area contributed by atoms with Gasteiger partial charge in [0.15, 0.2) is 6.10 Å². The molecule has 0 bridgehead atoms. The lowest BCUT2D eigenvalue weighted by Crippen LogP contribution is -2.60. The number of benzene rings is 2. The Kier molecular flexibility index (Phi) is 4.93. The highest BCUT2D eigenvalue weighted by atomic mass is 16.5. The number of carbonyl (C=O) groups excluding carboxylic acids is 2. The number of fused-ring (bicyclic) bond motifs is 1. The van der Waals surface area contributed by atoms with E-state index >= 15 is 0 Å². The second-order valence-electron chi connectivity index (χ2n) is 6.77. The van der Waals surface area contributed by atoms with Crippen LogP contribution in [0.3, 0.4) is 0 Å². The number of rotatable bonds is 5. The second-order valence-corrected chi connectivity index (χ2v) is 6.77. The first-order valence-electron chi connectivity index (χ1n) is 8.78. The minimum absolute atomic E-state index is 0.311. The van der Waals surface area contributed by atoms with Crippen LogP contribution in [0.5, 0.6) is 5.75 Å². The third-order valence-electron chi connectivity index (χ3n) is 4.94. The van der Waals surface area contributed by atoms with Gasteiger partial charge in [-0.2, -0.15) is 0 Å². The van der Waals surface area contributed by atoms with Gasteiger partial charge < -0.3 is 15.8 Å². The van der Waals surface area contributed by atoms with Crippen LogP contribution in [0.25, 0.3) is 10.8 Å². The van der Waals surface area contributed by atoms with E-state index in [-0.39, 0.29) is 5.91 Å². The molecule has 0 aliphatic heterocycles. The first-order valence-corrected chi connectivity index (χ1v) is 8.78. The summed E-state index contributed by atoms with van der Waals surface area (Å²) in [5.74, 6) is -0.148. The Morgan fingerprint density at radius 2 is 1.76 bits per heavy atom. The molecule has 2 amide bonds. The average Bonchev–Trinajstić information content (AvgIpc) is 2.62. The maximum atomic E-state index is 12.5. The standard InChI is InChI=1S/C20H24N2O3/c1-14(18(23)22-20(19(21)24)11-5-2-6-12-20)25-17-10-9-15-7-3-4-8-16(15)13-17/h3-4,7-10,13-14H,2,5-6,11-12H2,1H3,(H2,21,24)(H,22,23)/t14-/m1/s1. The highest BCUT2D eigenvalue weighted by Crippen LogP contribution is 2.28. The molecule has 0 saturated heterocycles. The van der Waals surface area contributed by atoms with E-state index in [4.69, 9.17) is 10.5 Å². The SMILES string of the molecule is C[C@@H](Oc1ccc2ccccc2c1)C(=O)NC1(C(N)=O)CCCCC1. The van der Waals surface area contributed by atoms with Crippen LogP contribution in [0.15, 0.2) is 42.5 Å². The van der Waals surface area contributed by atoms with Crippen molar-refractivity contribution in [1.29, 1.82) is 0 Å². The predicted octanol–water partition coefficient (Wildman–Crippen LogP) is 2.91. The molecule has 0 aromatic heterocycles. The number of amides is 2. The third-order valence-corrected chi connectivity index (χ3v) is 4.94. The highest BCUT2D eigenvalue weighted by molar-refractivity contribution is 5.92. The molecule has 2 aromatic carbocycles. The molecule has 1 saturated carbocycles. The summed E-state index contributed by atoms with van der Waals surface area (Å²) >= 11 is 0. The first kappa shape index (κ1) is 17.3. The quantitative estimate of drug-likeness (QED) is 0.878. The van der Waals surface area contributed by atoms with Gasteiger partial charge in [-0.3, -0.25) is 9.59 Å². The topological polar surface area (TPSA) is 81.4 Å². The summed E-state index contributed by atoms with van der Waals surface area (Å²) in [5.41, 5.74) is 4.64. The van der Waals surface area contributed by atoms with Gasteiger partial charge in [-0.25, -0.2) is 0 Å². The van der Waals surface area contributed by atoms with Crippen molar-refractivity contribution >= 4 is 22.6 Å². The zero-order chi connectivity index (χ0) is 17.9. The molecule has 132 valence electrons. The van der Waals surface area contributed by atoms with Crippen molar-refractivity contribution in [1.82, 2.24) is 5.32 Å².